The summed E-state index contributed by atoms with van der Waals surface area (Å²) in [6.07, 6.45) is 2.03. The molecule has 1 amide bonds. The molecule has 7 heteroatoms. The van der Waals surface area contributed by atoms with Crippen molar-refractivity contribution in [1.29, 1.82) is 0 Å². The number of hydrogen-bond acceptors (Lipinski definition) is 4. The summed E-state index contributed by atoms with van der Waals surface area (Å²) in [5.74, 6) is 0.568. The fourth-order valence-electron chi connectivity index (χ4n) is 3.62. The van der Waals surface area contributed by atoms with Gasteiger partial charge in [-0.25, -0.2) is 9.48 Å². The maximum Gasteiger partial charge on any atom is 0.346 e. The molecule has 1 saturated carbocycles. The highest BCUT2D eigenvalue weighted by molar-refractivity contribution is 7.13. The fraction of sp³-hybridized carbons (Fsp3) is 0.208. The Morgan fingerprint density at radius 3 is 2.42 bits per heavy atom. The number of thiophene rings is 1. The number of nitrogens with one attached hydrogen (secondary N) is 1. The molecule has 1 aliphatic rings. The first-order valence-electron chi connectivity index (χ1n) is 10.4. The van der Waals surface area contributed by atoms with E-state index in [0.29, 0.717) is 18.7 Å². The largest absolute Gasteiger partial charge is 0.350 e. The van der Waals surface area contributed by atoms with Crippen LogP contribution in [-0.2, 0) is 6.54 Å². The molecule has 2 heterocycles. The van der Waals surface area contributed by atoms with Crippen molar-refractivity contribution in [2.45, 2.75) is 25.4 Å². The van der Waals surface area contributed by atoms with Crippen molar-refractivity contribution in [2.75, 3.05) is 6.54 Å². The Morgan fingerprint density at radius 2 is 1.74 bits per heavy atom. The molecule has 6 nitrogen and oxygen atoms in total. The monoisotopic (exact) mass is 430 g/mol. The van der Waals surface area contributed by atoms with E-state index < -0.39 is 0 Å². The van der Waals surface area contributed by atoms with Crippen LogP contribution in [0.2, 0.25) is 0 Å². The van der Waals surface area contributed by atoms with Crippen LogP contribution in [0.4, 0.5) is 0 Å². The Labute approximate surface area is 183 Å². The van der Waals surface area contributed by atoms with Crippen LogP contribution in [0.25, 0.3) is 21.8 Å². The van der Waals surface area contributed by atoms with Crippen molar-refractivity contribution in [3.05, 3.63) is 88.2 Å². The lowest BCUT2D eigenvalue weighted by Crippen LogP contribution is -2.32. The van der Waals surface area contributed by atoms with Crippen molar-refractivity contribution >= 4 is 17.2 Å². The van der Waals surface area contributed by atoms with E-state index in [-0.39, 0.29) is 17.6 Å². The second-order valence-corrected chi connectivity index (χ2v) is 8.55. The standard InChI is InChI=1S/C24H22N4O2S/c29-23(19-10-8-18(9-11-19)17-5-2-1-3-6-17)25-14-15-27-24(30)28(20-12-13-20)22(26-27)21-7-4-16-31-21/h1-11,16,20H,12-15H2,(H,25,29). The van der Waals surface area contributed by atoms with Crippen LogP contribution in [0.3, 0.4) is 0 Å². The van der Waals surface area contributed by atoms with Crippen LogP contribution in [0.1, 0.15) is 29.2 Å². The number of hydrogen-bond donors (Lipinski definition) is 1. The lowest BCUT2D eigenvalue weighted by Gasteiger charge is -2.06. The van der Waals surface area contributed by atoms with Gasteiger partial charge >= 0.3 is 5.69 Å². The van der Waals surface area contributed by atoms with Crippen molar-refractivity contribution in [3.8, 4) is 21.8 Å². The zero-order valence-electron chi connectivity index (χ0n) is 16.9. The minimum Gasteiger partial charge on any atom is -0.350 e. The summed E-state index contributed by atoms with van der Waals surface area (Å²) in [4.78, 5) is 26.4. The minimum absolute atomic E-state index is 0.104. The topological polar surface area (TPSA) is 68.9 Å². The van der Waals surface area contributed by atoms with E-state index in [1.165, 1.54) is 4.68 Å². The first-order valence-corrected chi connectivity index (χ1v) is 11.3. The highest BCUT2D eigenvalue weighted by Crippen LogP contribution is 2.37. The summed E-state index contributed by atoms with van der Waals surface area (Å²) in [6.45, 7) is 0.676. The van der Waals surface area contributed by atoms with Gasteiger partial charge in [0.2, 0.25) is 0 Å². The van der Waals surface area contributed by atoms with Crippen LogP contribution in [0, 0.1) is 0 Å². The van der Waals surface area contributed by atoms with Gasteiger partial charge in [-0.1, -0.05) is 48.5 Å². The lowest BCUT2D eigenvalue weighted by atomic mass is 10.0. The number of carbonyl (C=O) groups is 1. The molecular weight excluding hydrogens is 408 g/mol. The molecule has 1 fully saturated rings. The molecule has 0 radical (unpaired) electrons. The number of nitrogens with zero attached hydrogens (tertiary/aromatic N) is 3. The lowest BCUT2D eigenvalue weighted by molar-refractivity contribution is 0.0952. The van der Waals surface area contributed by atoms with Crippen molar-refractivity contribution < 1.29 is 4.79 Å². The zero-order valence-corrected chi connectivity index (χ0v) is 17.7. The molecule has 156 valence electrons. The summed E-state index contributed by atoms with van der Waals surface area (Å²) in [6, 6.07) is 21.8. The third-order valence-corrected chi connectivity index (χ3v) is 6.25. The quantitative estimate of drug-likeness (QED) is 0.478. The van der Waals surface area contributed by atoms with Crippen molar-refractivity contribution in [2.24, 2.45) is 0 Å². The average molecular weight is 431 g/mol. The van der Waals surface area contributed by atoms with Crippen LogP contribution in [0.5, 0.6) is 0 Å². The number of benzene rings is 2. The highest BCUT2D eigenvalue weighted by Gasteiger charge is 2.30. The molecule has 1 aliphatic carbocycles. The van der Waals surface area contributed by atoms with E-state index in [9.17, 15) is 9.59 Å². The Balaban J connectivity index is 1.25. The van der Waals surface area contributed by atoms with Crippen LogP contribution >= 0.6 is 11.3 Å². The van der Waals surface area contributed by atoms with Crippen LogP contribution < -0.4 is 11.0 Å². The molecule has 0 unspecified atom stereocenters. The summed E-state index contributed by atoms with van der Waals surface area (Å²) >= 11 is 1.58. The number of carbonyl (C=O) groups excluding carboxylic acids is 1. The Kier molecular flexibility index (Phi) is 5.26. The van der Waals surface area contributed by atoms with Gasteiger partial charge in [-0.15, -0.1) is 16.4 Å². The van der Waals surface area contributed by atoms with E-state index in [0.717, 1.165) is 34.7 Å². The predicted octanol–water partition coefficient (Wildman–Crippen LogP) is 4.21. The second kappa shape index (κ2) is 8.35. The highest BCUT2D eigenvalue weighted by atomic mass is 32.1. The second-order valence-electron chi connectivity index (χ2n) is 7.61. The summed E-state index contributed by atoms with van der Waals surface area (Å²) in [5.41, 5.74) is 2.67. The maximum absolute atomic E-state index is 12.8. The summed E-state index contributed by atoms with van der Waals surface area (Å²) < 4.78 is 3.27. The van der Waals surface area contributed by atoms with Gasteiger partial charge in [-0.3, -0.25) is 9.36 Å². The van der Waals surface area contributed by atoms with Gasteiger partial charge in [0, 0.05) is 18.2 Å². The molecule has 0 bridgehead atoms. The number of aromatic nitrogens is 3. The van der Waals surface area contributed by atoms with E-state index >= 15 is 0 Å². The van der Waals surface area contributed by atoms with Crippen LogP contribution in [-0.4, -0.2) is 26.8 Å². The normalized spacial score (nSPS) is 13.3. The molecule has 31 heavy (non-hydrogen) atoms. The van der Waals surface area contributed by atoms with Gasteiger partial charge < -0.3 is 5.32 Å². The van der Waals surface area contributed by atoms with Crippen molar-refractivity contribution in [1.82, 2.24) is 19.7 Å². The molecule has 5 rings (SSSR count). The van der Waals surface area contributed by atoms with E-state index in [1.54, 1.807) is 15.9 Å². The van der Waals surface area contributed by atoms with E-state index in [1.807, 2.05) is 72.1 Å². The Bertz CT molecular complexity index is 1240. The zero-order chi connectivity index (χ0) is 21.2. The van der Waals surface area contributed by atoms with Crippen LogP contribution in [0.15, 0.2) is 76.9 Å². The average Bonchev–Trinajstić information content (AvgIpc) is 3.38. The molecule has 2 aromatic carbocycles. The SMILES string of the molecule is O=C(NCCn1nc(-c2cccs2)n(C2CC2)c1=O)c1ccc(-c2ccccc2)cc1. The minimum atomic E-state index is -0.159. The third kappa shape index (κ3) is 4.09. The number of rotatable bonds is 7. The van der Waals surface area contributed by atoms with Gasteiger partial charge in [0.05, 0.1) is 11.4 Å². The Morgan fingerprint density at radius 1 is 1.00 bits per heavy atom. The van der Waals surface area contributed by atoms with Gasteiger partial charge in [-0.2, -0.15) is 0 Å². The third-order valence-electron chi connectivity index (χ3n) is 5.39. The molecule has 0 aliphatic heterocycles. The molecule has 0 saturated heterocycles. The summed E-state index contributed by atoms with van der Waals surface area (Å²) in [5, 5.41) is 9.44. The summed E-state index contributed by atoms with van der Waals surface area (Å²) in [7, 11) is 0. The number of amides is 1. The molecule has 4 aromatic rings. The van der Waals surface area contributed by atoms with Gasteiger partial charge in [0.25, 0.3) is 5.91 Å². The molecule has 0 atom stereocenters. The maximum atomic E-state index is 12.8. The van der Waals surface area contributed by atoms with Gasteiger partial charge in [0.15, 0.2) is 5.82 Å². The Hall–Kier alpha value is -3.45. The van der Waals surface area contributed by atoms with Gasteiger partial charge in [0.1, 0.15) is 0 Å². The molecule has 1 N–H and O–H groups in total. The molecule has 0 spiro atoms. The first kappa shape index (κ1) is 19.5. The van der Waals surface area contributed by atoms with E-state index in [2.05, 4.69) is 10.4 Å². The van der Waals surface area contributed by atoms with E-state index in [4.69, 9.17) is 0 Å². The fourth-order valence-corrected chi connectivity index (χ4v) is 4.33. The smallest absolute Gasteiger partial charge is 0.346 e. The van der Waals surface area contributed by atoms with Gasteiger partial charge in [-0.05, 0) is 47.5 Å². The first-order chi connectivity index (χ1) is 15.2. The molecule has 2 aromatic heterocycles. The van der Waals surface area contributed by atoms with Crippen molar-refractivity contribution in [3.63, 3.8) is 0 Å². The predicted molar refractivity (Wildman–Crippen MR) is 122 cm³/mol. The molecular formula is C24H22N4O2S.